The first-order chi connectivity index (χ1) is 8.52. The zero-order valence-electron chi connectivity index (χ0n) is 12.4. The fourth-order valence-electron chi connectivity index (χ4n) is 2.39. The maximum atomic E-state index is 10.1. The van der Waals surface area contributed by atoms with E-state index in [9.17, 15) is 5.11 Å². The zero-order chi connectivity index (χ0) is 13.5. The van der Waals surface area contributed by atoms with Gasteiger partial charge in [-0.1, -0.05) is 20.8 Å². The molecule has 108 valence electrons. The lowest BCUT2D eigenvalue weighted by Crippen LogP contribution is -2.52. The SMILES string of the molecule is CCC1COC(C)CN1CC(O)CNCC(C)C. The number of hydrogen-bond acceptors (Lipinski definition) is 4. The highest BCUT2D eigenvalue weighted by atomic mass is 16.5. The zero-order valence-corrected chi connectivity index (χ0v) is 12.4. The Morgan fingerprint density at radius 3 is 2.72 bits per heavy atom. The standard InChI is InChI=1S/C14H30N2O2/c1-5-13-10-18-12(4)8-16(13)9-14(17)7-15-6-11(2)3/h11-15,17H,5-10H2,1-4H3. The highest BCUT2D eigenvalue weighted by molar-refractivity contribution is 4.80. The van der Waals surface area contributed by atoms with E-state index in [0.717, 1.165) is 32.7 Å². The van der Waals surface area contributed by atoms with Crippen LogP contribution in [0, 0.1) is 5.92 Å². The molecule has 3 atom stereocenters. The molecule has 0 aromatic carbocycles. The molecule has 4 nitrogen and oxygen atoms in total. The summed E-state index contributed by atoms with van der Waals surface area (Å²) in [6, 6.07) is 0.459. The molecule has 1 rings (SSSR count). The highest BCUT2D eigenvalue weighted by Gasteiger charge is 2.26. The Kier molecular flexibility index (Phi) is 7.15. The van der Waals surface area contributed by atoms with Crippen LogP contribution in [0.2, 0.25) is 0 Å². The van der Waals surface area contributed by atoms with Crippen molar-refractivity contribution in [2.45, 2.75) is 52.4 Å². The summed E-state index contributed by atoms with van der Waals surface area (Å²) in [7, 11) is 0. The lowest BCUT2D eigenvalue weighted by Gasteiger charge is -2.39. The van der Waals surface area contributed by atoms with Gasteiger partial charge in [0.25, 0.3) is 0 Å². The van der Waals surface area contributed by atoms with E-state index in [1.54, 1.807) is 0 Å². The molecule has 0 aromatic heterocycles. The van der Waals surface area contributed by atoms with Gasteiger partial charge in [0.15, 0.2) is 0 Å². The summed E-state index contributed by atoms with van der Waals surface area (Å²) in [5.41, 5.74) is 0. The van der Waals surface area contributed by atoms with Crippen molar-refractivity contribution in [3.05, 3.63) is 0 Å². The Hall–Kier alpha value is -0.160. The van der Waals surface area contributed by atoms with Crippen molar-refractivity contribution < 1.29 is 9.84 Å². The molecule has 0 aliphatic carbocycles. The molecule has 0 radical (unpaired) electrons. The first kappa shape index (κ1) is 15.9. The van der Waals surface area contributed by atoms with Crippen LogP contribution >= 0.6 is 0 Å². The fourth-order valence-corrected chi connectivity index (χ4v) is 2.39. The third kappa shape index (κ3) is 5.65. The lowest BCUT2D eigenvalue weighted by atomic mass is 10.1. The van der Waals surface area contributed by atoms with Crippen molar-refractivity contribution in [3.8, 4) is 0 Å². The Morgan fingerprint density at radius 1 is 1.39 bits per heavy atom. The van der Waals surface area contributed by atoms with Gasteiger partial charge in [0, 0.05) is 25.7 Å². The van der Waals surface area contributed by atoms with E-state index in [4.69, 9.17) is 4.74 Å². The second kappa shape index (κ2) is 8.10. The molecule has 18 heavy (non-hydrogen) atoms. The lowest BCUT2D eigenvalue weighted by molar-refractivity contribution is -0.0675. The molecule has 1 saturated heterocycles. The van der Waals surface area contributed by atoms with Crippen LogP contribution in [0.5, 0.6) is 0 Å². The predicted molar refractivity (Wildman–Crippen MR) is 74.8 cm³/mol. The summed E-state index contributed by atoms with van der Waals surface area (Å²) >= 11 is 0. The minimum Gasteiger partial charge on any atom is -0.390 e. The quantitative estimate of drug-likeness (QED) is 0.717. The smallest absolute Gasteiger partial charge is 0.0791 e. The number of hydrogen-bond donors (Lipinski definition) is 2. The van der Waals surface area contributed by atoms with E-state index < -0.39 is 0 Å². The highest BCUT2D eigenvalue weighted by Crippen LogP contribution is 2.14. The van der Waals surface area contributed by atoms with Gasteiger partial charge in [0.2, 0.25) is 0 Å². The van der Waals surface area contributed by atoms with Gasteiger partial charge >= 0.3 is 0 Å². The van der Waals surface area contributed by atoms with E-state index >= 15 is 0 Å². The molecule has 2 N–H and O–H groups in total. The molecule has 0 saturated carbocycles. The third-order valence-corrected chi connectivity index (χ3v) is 3.43. The number of β-amino-alcohol motifs (C(OH)–C–C–N with tert-alkyl or cyclic N) is 1. The molecule has 3 unspecified atom stereocenters. The van der Waals surface area contributed by atoms with E-state index in [2.05, 4.69) is 37.9 Å². The van der Waals surface area contributed by atoms with Gasteiger partial charge in [0.1, 0.15) is 0 Å². The molecule has 0 bridgehead atoms. The largest absolute Gasteiger partial charge is 0.390 e. The Bertz CT molecular complexity index is 224. The molecule has 0 amide bonds. The summed E-state index contributed by atoms with van der Waals surface area (Å²) in [5.74, 6) is 0.629. The number of nitrogens with one attached hydrogen (secondary N) is 1. The van der Waals surface area contributed by atoms with Gasteiger partial charge in [-0.3, -0.25) is 4.90 Å². The Morgan fingerprint density at radius 2 is 2.11 bits per heavy atom. The van der Waals surface area contributed by atoms with Crippen LogP contribution in [0.4, 0.5) is 0 Å². The van der Waals surface area contributed by atoms with Crippen molar-refractivity contribution in [2.75, 3.05) is 32.8 Å². The molecular weight excluding hydrogens is 228 g/mol. The average Bonchev–Trinajstić information content (AvgIpc) is 2.28. The number of rotatable bonds is 7. The van der Waals surface area contributed by atoms with Crippen molar-refractivity contribution in [2.24, 2.45) is 5.92 Å². The van der Waals surface area contributed by atoms with Crippen LogP contribution < -0.4 is 5.32 Å². The summed E-state index contributed by atoms with van der Waals surface area (Å²) in [4.78, 5) is 2.37. The molecule has 1 aliphatic rings. The fraction of sp³-hybridized carbons (Fsp3) is 1.00. The number of aliphatic hydroxyl groups is 1. The van der Waals surface area contributed by atoms with Crippen LogP contribution in [0.3, 0.4) is 0 Å². The van der Waals surface area contributed by atoms with Gasteiger partial charge in [-0.05, 0) is 25.8 Å². The topological polar surface area (TPSA) is 44.7 Å². The molecule has 0 spiro atoms. The summed E-state index contributed by atoms with van der Waals surface area (Å²) in [5, 5.41) is 13.4. The monoisotopic (exact) mass is 258 g/mol. The van der Waals surface area contributed by atoms with Crippen LogP contribution in [-0.2, 0) is 4.74 Å². The number of morpholine rings is 1. The molecule has 1 fully saturated rings. The van der Waals surface area contributed by atoms with Crippen LogP contribution in [-0.4, -0.2) is 61.0 Å². The minimum absolute atomic E-state index is 0.281. The molecule has 4 heteroatoms. The van der Waals surface area contributed by atoms with Crippen LogP contribution in [0.1, 0.15) is 34.1 Å². The van der Waals surface area contributed by atoms with Crippen molar-refractivity contribution in [1.82, 2.24) is 10.2 Å². The summed E-state index contributed by atoms with van der Waals surface area (Å²) in [6.07, 6.45) is 1.07. The summed E-state index contributed by atoms with van der Waals surface area (Å²) < 4.78 is 5.67. The van der Waals surface area contributed by atoms with Crippen molar-refractivity contribution in [1.29, 1.82) is 0 Å². The summed E-state index contributed by atoms with van der Waals surface area (Å²) in [6.45, 7) is 12.8. The Balaban J connectivity index is 2.29. The normalized spacial score (nSPS) is 27.7. The Labute approximate surface area is 112 Å². The average molecular weight is 258 g/mol. The first-order valence-corrected chi connectivity index (χ1v) is 7.27. The maximum Gasteiger partial charge on any atom is 0.0791 e. The molecule has 1 aliphatic heterocycles. The second-order valence-corrected chi connectivity index (χ2v) is 5.87. The second-order valence-electron chi connectivity index (χ2n) is 5.87. The molecule has 1 heterocycles. The van der Waals surface area contributed by atoms with E-state index in [1.165, 1.54) is 0 Å². The van der Waals surface area contributed by atoms with Crippen LogP contribution in [0.25, 0.3) is 0 Å². The van der Waals surface area contributed by atoms with Crippen molar-refractivity contribution >= 4 is 0 Å². The van der Waals surface area contributed by atoms with Gasteiger partial charge < -0.3 is 15.2 Å². The van der Waals surface area contributed by atoms with Gasteiger partial charge in [-0.2, -0.15) is 0 Å². The van der Waals surface area contributed by atoms with E-state index in [0.29, 0.717) is 18.5 Å². The van der Waals surface area contributed by atoms with Gasteiger partial charge in [0.05, 0.1) is 18.8 Å². The number of aliphatic hydroxyl groups excluding tert-OH is 1. The van der Waals surface area contributed by atoms with E-state index in [1.807, 2.05) is 0 Å². The minimum atomic E-state index is -0.289. The first-order valence-electron chi connectivity index (χ1n) is 7.27. The third-order valence-electron chi connectivity index (χ3n) is 3.43. The van der Waals surface area contributed by atoms with Gasteiger partial charge in [-0.25, -0.2) is 0 Å². The van der Waals surface area contributed by atoms with Gasteiger partial charge in [-0.15, -0.1) is 0 Å². The molecular formula is C14H30N2O2. The predicted octanol–water partition coefficient (Wildman–Crippen LogP) is 1.09. The van der Waals surface area contributed by atoms with E-state index in [-0.39, 0.29) is 12.2 Å². The number of nitrogens with zero attached hydrogens (tertiary/aromatic N) is 1. The van der Waals surface area contributed by atoms with Crippen molar-refractivity contribution in [3.63, 3.8) is 0 Å². The van der Waals surface area contributed by atoms with Crippen LogP contribution in [0.15, 0.2) is 0 Å². The maximum absolute atomic E-state index is 10.1. The molecule has 0 aromatic rings. The number of ether oxygens (including phenoxy) is 1.